The summed E-state index contributed by atoms with van der Waals surface area (Å²) in [5.74, 6) is 0.175. The van der Waals surface area contributed by atoms with Crippen molar-refractivity contribution >= 4 is 5.91 Å². The molecule has 1 amide bonds. The molecule has 15 heavy (non-hydrogen) atoms. The molecule has 4 heteroatoms. The standard InChI is InChI=1S/C11H20N2O2/c1-2-12-10-7-15-6-9(10)11(14)13-8-4-3-5-8/h8-10,12H,2-7H2,1H3,(H,13,14). The quantitative estimate of drug-likeness (QED) is 0.704. The predicted octanol–water partition coefficient (Wildman–Crippen LogP) is 0.280. The number of hydrogen-bond donors (Lipinski definition) is 2. The number of nitrogens with one attached hydrogen (secondary N) is 2. The van der Waals surface area contributed by atoms with E-state index in [1.807, 2.05) is 0 Å². The molecule has 86 valence electrons. The Balaban J connectivity index is 1.81. The van der Waals surface area contributed by atoms with Crippen LogP contribution in [0.25, 0.3) is 0 Å². The summed E-state index contributed by atoms with van der Waals surface area (Å²) in [5.41, 5.74) is 0. The summed E-state index contributed by atoms with van der Waals surface area (Å²) >= 11 is 0. The molecule has 2 fully saturated rings. The van der Waals surface area contributed by atoms with Crippen molar-refractivity contribution in [1.82, 2.24) is 10.6 Å². The first-order valence-electron chi connectivity index (χ1n) is 5.92. The van der Waals surface area contributed by atoms with Crippen LogP contribution >= 0.6 is 0 Å². The van der Waals surface area contributed by atoms with E-state index in [1.165, 1.54) is 6.42 Å². The molecule has 1 aliphatic carbocycles. The summed E-state index contributed by atoms with van der Waals surface area (Å²) in [6, 6.07) is 0.635. The Bertz CT molecular complexity index is 229. The molecule has 2 atom stereocenters. The minimum atomic E-state index is 0.00514. The van der Waals surface area contributed by atoms with Crippen LogP contribution in [0.5, 0.6) is 0 Å². The molecule has 1 saturated carbocycles. The number of likely N-dealkylation sites (N-methyl/N-ethyl adjacent to an activating group) is 1. The Labute approximate surface area is 90.8 Å². The van der Waals surface area contributed by atoms with Crippen molar-refractivity contribution in [1.29, 1.82) is 0 Å². The monoisotopic (exact) mass is 212 g/mol. The molecule has 2 N–H and O–H groups in total. The van der Waals surface area contributed by atoms with Gasteiger partial charge in [-0.15, -0.1) is 0 Å². The number of carbonyl (C=O) groups is 1. The summed E-state index contributed by atoms with van der Waals surface area (Å²) in [6.45, 7) is 4.17. The second-order valence-corrected chi connectivity index (χ2v) is 4.44. The second-order valence-electron chi connectivity index (χ2n) is 4.44. The highest BCUT2D eigenvalue weighted by Crippen LogP contribution is 2.20. The first kappa shape index (κ1) is 10.9. The molecule has 1 saturated heterocycles. The van der Waals surface area contributed by atoms with Crippen LogP contribution in [0.4, 0.5) is 0 Å². The average molecular weight is 212 g/mol. The highest BCUT2D eigenvalue weighted by atomic mass is 16.5. The maximum absolute atomic E-state index is 11.9. The van der Waals surface area contributed by atoms with Crippen LogP contribution in [0.1, 0.15) is 26.2 Å². The minimum absolute atomic E-state index is 0.00514. The number of rotatable bonds is 4. The Kier molecular flexibility index (Phi) is 3.59. The molecule has 0 radical (unpaired) electrons. The highest BCUT2D eigenvalue weighted by Gasteiger charge is 2.34. The van der Waals surface area contributed by atoms with Gasteiger partial charge in [0.25, 0.3) is 0 Å². The van der Waals surface area contributed by atoms with Gasteiger partial charge in [0.2, 0.25) is 5.91 Å². The first-order valence-corrected chi connectivity index (χ1v) is 5.92. The molecule has 0 aromatic carbocycles. The Hall–Kier alpha value is -0.610. The molecular weight excluding hydrogens is 192 g/mol. The van der Waals surface area contributed by atoms with Gasteiger partial charge in [0, 0.05) is 12.1 Å². The van der Waals surface area contributed by atoms with E-state index < -0.39 is 0 Å². The van der Waals surface area contributed by atoms with E-state index in [2.05, 4.69) is 17.6 Å². The smallest absolute Gasteiger partial charge is 0.227 e. The van der Waals surface area contributed by atoms with Crippen LogP contribution in [0.3, 0.4) is 0 Å². The van der Waals surface area contributed by atoms with E-state index in [0.717, 1.165) is 19.4 Å². The van der Waals surface area contributed by atoms with E-state index in [-0.39, 0.29) is 17.9 Å². The fraction of sp³-hybridized carbons (Fsp3) is 0.909. The Morgan fingerprint density at radius 2 is 2.20 bits per heavy atom. The number of amides is 1. The van der Waals surface area contributed by atoms with Crippen LogP contribution in [-0.4, -0.2) is 37.7 Å². The van der Waals surface area contributed by atoms with E-state index >= 15 is 0 Å². The third-order valence-corrected chi connectivity index (χ3v) is 3.34. The summed E-state index contributed by atoms with van der Waals surface area (Å²) in [4.78, 5) is 11.9. The van der Waals surface area contributed by atoms with Crippen LogP contribution in [0, 0.1) is 5.92 Å². The normalized spacial score (nSPS) is 31.3. The molecule has 2 rings (SSSR count). The van der Waals surface area contributed by atoms with E-state index in [4.69, 9.17) is 4.74 Å². The maximum atomic E-state index is 11.9. The fourth-order valence-electron chi connectivity index (χ4n) is 2.14. The SMILES string of the molecule is CCNC1COCC1C(=O)NC1CCC1. The van der Waals surface area contributed by atoms with Crippen LogP contribution in [0.2, 0.25) is 0 Å². The topological polar surface area (TPSA) is 50.4 Å². The van der Waals surface area contributed by atoms with E-state index in [1.54, 1.807) is 0 Å². The second kappa shape index (κ2) is 4.94. The van der Waals surface area contributed by atoms with Gasteiger partial charge in [-0.05, 0) is 25.8 Å². The lowest BCUT2D eigenvalue weighted by molar-refractivity contribution is -0.126. The van der Waals surface area contributed by atoms with Crippen molar-refractivity contribution in [2.75, 3.05) is 19.8 Å². The van der Waals surface area contributed by atoms with Gasteiger partial charge in [0.1, 0.15) is 0 Å². The molecule has 1 heterocycles. The third-order valence-electron chi connectivity index (χ3n) is 3.34. The largest absolute Gasteiger partial charge is 0.379 e. The molecule has 2 aliphatic rings. The Morgan fingerprint density at radius 3 is 2.80 bits per heavy atom. The maximum Gasteiger partial charge on any atom is 0.227 e. The number of hydrogen-bond acceptors (Lipinski definition) is 3. The molecule has 4 nitrogen and oxygen atoms in total. The number of carbonyl (C=O) groups excluding carboxylic acids is 1. The lowest BCUT2D eigenvalue weighted by Gasteiger charge is -2.28. The van der Waals surface area contributed by atoms with Crippen LogP contribution < -0.4 is 10.6 Å². The zero-order valence-electron chi connectivity index (χ0n) is 9.29. The van der Waals surface area contributed by atoms with Gasteiger partial charge in [-0.25, -0.2) is 0 Å². The first-order chi connectivity index (χ1) is 7.31. The zero-order chi connectivity index (χ0) is 10.7. The van der Waals surface area contributed by atoms with E-state index in [9.17, 15) is 4.79 Å². The molecule has 2 unspecified atom stereocenters. The molecular formula is C11H20N2O2. The van der Waals surface area contributed by atoms with Crippen molar-refractivity contribution in [3.8, 4) is 0 Å². The van der Waals surface area contributed by atoms with Crippen molar-refractivity contribution in [3.63, 3.8) is 0 Å². The molecule has 0 spiro atoms. The summed E-state index contributed by atoms with van der Waals surface area (Å²) in [6.07, 6.45) is 3.54. The van der Waals surface area contributed by atoms with Gasteiger partial charge >= 0.3 is 0 Å². The highest BCUT2D eigenvalue weighted by molar-refractivity contribution is 5.80. The summed E-state index contributed by atoms with van der Waals surface area (Å²) in [7, 11) is 0. The van der Waals surface area contributed by atoms with Gasteiger partial charge in [-0.1, -0.05) is 6.92 Å². The van der Waals surface area contributed by atoms with Gasteiger partial charge in [-0.3, -0.25) is 4.79 Å². The van der Waals surface area contributed by atoms with Crippen LogP contribution in [0.15, 0.2) is 0 Å². The molecule has 0 bridgehead atoms. The predicted molar refractivity (Wildman–Crippen MR) is 57.6 cm³/mol. The summed E-state index contributed by atoms with van der Waals surface area (Å²) < 4.78 is 5.35. The minimum Gasteiger partial charge on any atom is -0.379 e. The number of ether oxygens (including phenoxy) is 1. The van der Waals surface area contributed by atoms with Gasteiger partial charge in [0.15, 0.2) is 0 Å². The van der Waals surface area contributed by atoms with Crippen molar-refractivity contribution < 1.29 is 9.53 Å². The van der Waals surface area contributed by atoms with Gasteiger partial charge < -0.3 is 15.4 Å². The zero-order valence-corrected chi connectivity index (χ0v) is 9.29. The van der Waals surface area contributed by atoms with Crippen molar-refractivity contribution in [2.45, 2.75) is 38.3 Å². The lowest BCUT2D eigenvalue weighted by Crippen LogP contribution is -2.48. The lowest BCUT2D eigenvalue weighted by atomic mass is 9.92. The van der Waals surface area contributed by atoms with Gasteiger partial charge in [-0.2, -0.15) is 0 Å². The Morgan fingerprint density at radius 1 is 1.40 bits per heavy atom. The molecule has 0 aromatic rings. The third kappa shape index (κ3) is 2.49. The van der Waals surface area contributed by atoms with Crippen molar-refractivity contribution in [2.24, 2.45) is 5.92 Å². The molecule has 0 aromatic heterocycles. The van der Waals surface area contributed by atoms with E-state index in [0.29, 0.717) is 19.3 Å². The summed E-state index contributed by atoms with van der Waals surface area (Å²) in [5, 5.41) is 6.39. The van der Waals surface area contributed by atoms with Crippen molar-refractivity contribution in [3.05, 3.63) is 0 Å². The average Bonchev–Trinajstić information content (AvgIpc) is 2.60. The van der Waals surface area contributed by atoms with Gasteiger partial charge in [0.05, 0.1) is 19.1 Å². The molecule has 1 aliphatic heterocycles. The fourth-order valence-corrected chi connectivity index (χ4v) is 2.14. The van der Waals surface area contributed by atoms with Crippen LogP contribution in [-0.2, 0) is 9.53 Å².